The first-order valence-corrected chi connectivity index (χ1v) is 22.4. The fourth-order valence-corrected chi connectivity index (χ4v) is 8.34. The van der Waals surface area contributed by atoms with Crippen LogP contribution < -0.4 is 14.8 Å². The van der Waals surface area contributed by atoms with Crippen molar-refractivity contribution in [3.63, 3.8) is 0 Å². The molecule has 0 spiro atoms. The van der Waals surface area contributed by atoms with Gasteiger partial charge in [0.25, 0.3) is 30.4 Å². The lowest BCUT2D eigenvalue weighted by Gasteiger charge is -2.30. The summed E-state index contributed by atoms with van der Waals surface area (Å²) in [7, 11) is -12.9. The van der Waals surface area contributed by atoms with Crippen molar-refractivity contribution in [1.82, 2.24) is 4.58 Å². The first-order valence-electron chi connectivity index (χ1n) is 17.8. The number of carbonyl (C=O) groups excluding carboxylic acids is 1. The molecule has 3 aliphatic rings. The van der Waals surface area contributed by atoms with Gasteiger partial charge in [-0.15, -0.1) is 0 Å². The van der Waals surface area contributed by atoms with E-state index in [0.29, 0.717) is 60.8 Å². The van der Waals surface area contributed by atoms with Gasteiger partial charge in [-0.3, -0.25) is 13.7 Å². The number of ketones is 1. The van der Waals surface area contributed by atoms with Gasteiger partial charge < -0.3 is 14.1 Å². The number of allylic oxidation sites excluding steroid dienone is 3. The topological polar surface area (TPSA) is 200 Å². The van der Waals surface area contributed by atoms with Crippen LogP contribution in [-0.2, 0) is 46.0 Å². The third-order valence-electron chi connectivity index (χ3n) is 9.63. The number of hydrogen-bond donors (Lipinski definition) is 3. The Labute approximate surface area is 318 Å². The molecule has 1 atom stereocenters. The molecule has 3 N–H and O–H groups in total. The van der Waals surface area contributed by atoms with Crippen LogP contribution in [0.25, 0.3) is 17.4 Å². The molecular formula is C38H51N2O11S3+. The molecule has 0 aromatic heterocycles. The minimum Gasteiger partial charge on any atom is -0.460 e. The maximum Gasteiger partial charge on any atom is 0.294 e. The van der Waals surface area contributed by atoms with E-state index in [-0.39, 0.29) is 41.2 Å². The highest BCUT2D eigenvalue weighted by atomic mass is 32.2. The Hall–Kier alpha value is -3.67. The number of hydrogen-bond acceptors (Lipinski definition) is 9. The number of nitrogens with zero attached hydrogens (tertiary/aromatic N) is 2. The zero-order chi connectivity index (χ0) is 40.3. The summed E-state index contributed by atoms with van der Waals surface area (Å²) in [5.41, 5.74) is 2.33. The molecule has 1 aromatic carbocycles. The lowest BCUT2D eigenvalue weighted by molar-refractivity contribution is -0.117. The van der Waals surface area contributed by atoms with E-state index in [2.05, 4.69) is 0 Å². The molecule has 4 rings (SSSR count). The van der Waals surface area contributed by atoms with Gasteiger partial charge in [-0.25, -0.2) is 4.58 Å². The van der Waals surface area contributed by atoms with E-state index in [9.17, 15) is 43.7 Å². The maximum atomic E-state index is 12.2. The van der Waals surface area contributed by atoms with Gasteiger partial charge in [0.1, 0.15) is 30.4 Å². The van der Waals surface area contributed by atoms with Crippen LogP contribution in [0.3, 0.4) is 0 Å². The second-order valence-electron chi connectivity index (χ2n) is 15.0. The van der Waals surface area contributed by atoms with Crippen molar-refractivity contribution >= 4 is 47.9 Å². The molecule has 16 heteroatoms. The molecule has 0 bridgehead atoms. The normalized spacial score (nSPS) is 18.2. The fraction of sp³-hybridized carbons (Fsp3) is 0.474. The Kier molecular flexibility index (Phi) is 13.2. The molecule has 54 heavy (non-hydrogen) atoms. The van der Waals surface area contributed by atoms with Gasteiger partial charge in [-0.2, -0.15) is 25.3 Å². The Bertz CT molecular complexity index is 2320. The highest BCUT2D eigenvalue weighted by molar-refractivity contribution is 7.86. The number of rotatable bonds is 16. The van der Waals surface area contributed by atoms with Crippen molar-refractivity contribution in [2.75, 3.05) is 36.0 Å². The minimum atomic E-state index is -4.56. The first-order chi connectivity index (χ1) is 24.9. The van der Waals surface area contributed by atoms with Crippen molar-refractivity contribution in [3.8, 4) is 11.3 Å². The van der Waals surface area contributed by atoms with Gasteiger partial charge in [0, 0.05) is 53.2 Å². The van der Waals surface area contributed by atoms with Gasteiger partial charge in [-0.05, 0) is 87.6 Å². The first kappa shape index (κ1) is 43.1. The Morgan fingerprint density at radius 2 is 1.59 bits per heavy atom. The van der Waals surface area contributed by atoms with Gasteiger partial charge in [0.05, 0.1) is 22.5 Å². The van der Waals surface area contributed by atoms with Crippen molar-refractivity contribution < 1.29 is 48.1 Å². The maximum absolute atomic E-state index is 12.2. The summed E-state index contributed by atoms with van der Waals surface area (Å²) in [6.07, 6.45) is 7.17. The lowest BCUT2D eigenvalue weighted by atomic mass is 9.77. The second-order valence-corrected chi connectivity index (χ2v) is 19.5. The van der Waals surface area contributed by atoms with Crippen LogP contribution in [0, 0.1) is 0 Å². The number of carbonyl (C=O) groups is 1. The van der Waals surface area contributed by atoms with E-state index in [1.54, 1.807) is 6.07 Å². The molecule has 0 saturated heterocycles. The fourth-order valence-electron chi connectivity index (χ4n) is 6.85. The molecule has 0 amide bonds. The van der Waals surface area contributed by atoms with E-state index in [4.69, 9.17) is 4.42 Å². The summed E-state index contributed by atoms with van der Waals surface area (Å²) >= 11 is 0. The molecule has 1 aromatic rings. The van der Waals surface area contributed by atoms with Gasteiger partial charge in [0.2, 0.25) is 5.36 Å². The second kappa shape index (κ2) is 16.6. The molecule has 2 heterocycles. The molecule has 13 nitrogen and oxygen atoms in total. The third-order valence-corrected chi connectivity index (χ3v) is 12.1. The Morgan fingerprint density at radius 3 is 2.19 bits per heavy atom. The average Bonchev–Trinajstić information content (AvgIpc) is 3.27. The standard InChI is InChI=1S/C38H50N2O11S3/c1-7-39(20-10-22-52(42,43)44)29-15-17-31-28(24-36(37(3,4)5)51-34(31)25-29)13-8-14-35-38(6,19-9-12-27(2)41)32-26-30(54(48,49)50)16-18-33(32)40(35)21-11-23-53(45,46)47/h8,13-18,24-26H,7,9-12,19-23H2,1-6H3,(H2-,42,43,44,45,46,47,48,49,50)/p+1. The highest BCUT2D eigenvalue weighted by Gasteiger charge is 2.43. The quantitative estimate of drug-likeness (QED) is 0.118. The number of benzene rings is 2. The molecule has 296 valence electrons. The predicted octanol–water partition coefficient (Wildman–Crippen LogP) is 5.71. The highest BCUT2D eigenvalue weighted by Crippen LogP contribution is 2.51. The van der Waals surface area contributed by atoms with Crippen LogP contribution >= 0.6 is 0 Å². The molecule has 0 radical (unpaired) electrons. The summed E-state index contributed by atoms with van der Waals surface area (Å²) in [5.74, 6) is 0.478. The van der Waals surface area contributed by atoms with Crippen molar-refractivity contribution in [2.45, 2.75) is 89.4 Å². The third kappa shape index (κ3) is 11.0. The van der Waals surface area contributed by atoms with Gasteiger partial charge in [0.15, 0.2) is 0 Å². The lowest BCUT2D eigenvalue weighted by Crippen LogP contribution is -2.31. The molecule has 2 aliphatic heterocycles. The van der Waals surface area contributed by atoms with E-state index >= 15 is 0 Å². The molecule has 1 aliphatic carbocycles. The summed E-state index contributed by atoms with van der Waals surface area (Å²) in [6.45, 7) is 12.6. The van der Waals surface area contributed by atoms with Crippen molar-refractivity contribution in [3.05, 3.63) is 82.6 Å². The zero-order valence-corrected chi connectivity index (χ0v) is 34.0. The monoisotopic (exact) mass is 807 g/mol. The van der Waals surface area contributed by atoms with Crippen LogP contribution in [0.15, 0.2) is 69.6 Å². The smallest absolute Gasteiger partial charge is 0.294 e. The Balaban J connectivity index is 1.88. The molecule has 1 unspecified atom stereocenters. The van der Waals surface area contributed by atoms with Crippen LogP contribution in [-0.4, -0.2) is 75.8 Å². The van der Waals surface area contributed by atoms with Crippen LogP contribution in [0.5, 0.6) is 0 Å². The molecular weight excluding hydrogens is 757 g/mol. The number of fused-ring (bicyclic) bond motifs is 2. The average molecular weight is 808 g/mol. The molecule has 0 saturated carbocycles. The SMILES string of the molecule is CC[N+](CCCS(=O)(=O)O)=c1ccc2c(/C=C/C=C3\N(CCCS(=O)(=O)O)c4ccc(S(=O)(=O)O)cc4C3(C)CCCC(C)=O)cc(C(C)(C)C)oc-2c1. The Morgan fingerprint density at radius 1 is 0.926 bits per heavy atom. The van der Waals surface area contributed by atoms with Crippen LogP contribution in [0.4, 0.5) is 5.69 Å². The van der Waals surface area contributed by atoms with E-state index in [1.165, 1.54) is 19.1 Å². The zero-order valence-electron chi connectivity index (χ0n) is 31.6. The summed E-state index contributed by atoms with van der Waals surface area (Å²) in [4.78, 5) is 13.6. The van der Waals surface area contributed by atoms with Gasteiger partial charge in [-0.1, -0.05) is 32.9 Å². The predicted molar refractivity (Wildman–Crippen MR) is 209 cm³/mol. The number of anilines is 1. The summed E-state index contributed by atoms with van der Waals surface area (Å²) in [5, 5.41) is 0.821. The van der Waals surface area contributed by atoms with E-state index < -0.39 is 41.5 Å². The van der Waals surface area contributed by atoms with Gasteiger partial charge >= 0.3 is 0 Å². The summed E-state index contributed by atoms with van der Waals surface area (Å²) < 4.78 is 107. The largest absolute Gasteiger partial charge is 0.460 e. The van der Waals surface area contributed by atoms with E-state index in [1.807, 2.05) is 86.6 Å². The van der Waals surface area contributed by atoms with Crippen molar-refractivity contribution in [1.29, 1.82) is 0 Å². The molecule has 0 fully saturated rings. The van der Waals surface area contributed by atoms with Crippen molar-refractivity contribution in [2.24, 2.45) is 0 Å². The van der Waals surface area contributed by atoms with Crippen LogP contribution in [0.2, 0.25) is 0 Å². The van der Waals surface area contributed by atoms with Crippen LogP contribution in [0.1, 0.15) is 90.5 Å². The summed E-state index contributed by atoms with van der Waals surface area (Å²) in [6, 6.07) is 12.0. The minimum absolute atomic E-state index is 0.00159. The number of Topliss-reactive ketones (excluding diaryl/α,β-unsaturated/α-hetero) is 1. The van der Waals surface area contributed by atoms with E-state index in [0.717, 1.165) is 16.5 Å².